The van der Waals surface area contributed by atoms with E-state index in [9.17, 15) is 0 Å². The Kier molecular flexibility index (Phi) is 12.4. The molecule has 0 aromatic heterocycles. The van der Waals surface area contributed by atoms with Gasteiger partial charge in [0, 0.05) is 0 Å². The first-order chi connectivity index (χ1) is 16.5. The Bertz CT molecular complexity index is 1230. The summed E-state index contributed by atoms with van der Waals surface area (Å²) < 4.78 is 0. The van der Waals surface area contributed by atoms with Crippen molar-refractivity contribution in [1.82, 2.24) is 0 Å². The molecule has 4 heteroatoms. The molecule has 0 N–H and O–H groups in total. The number of benzene rings is 4. The van der Waals surface area contributed by atoms with Crippen LogP contribution in [0.3, 0.4) is 0 Å². The zero-order valence-corrected chi connectivity index (χ0v) is 26.5. The monoisotopic (exact) mass is 604 g/mol. The topological polar surface area (TPSA) is 0 Å². The van der Waals surface area contributed by atoms with Crippen molar-refractivity contribution < 1.29 is 48.1 Å². The summed E-state index contributed by atoms with van der Waals surface area (Å²) in [5.74, 6) is 0. The zero-order valence-electron chi connectivity index (χ0n) is 21.5. The predicted octanol–water partition coefficient (Wildman–Crippen LogP) is 2.31. The van der Waals surface area contributed by atoms with E-state index in [-0.39, 0.29) is 30.2 Å². The van der Waals surface area contributed by atoms with Crippen molar-refractivity contribution in [2.75, 3.05) is 0 Å². The molecule has 0 atom stereocenters. The van der Waals surface area contributed by atoms with Crippen LogP contribution in [0.4, 0.5) is 0 Å². The van der Waals surface area contributed by atoms with Crippen LogP contribution in [-0.2, 0) is 36.2 Å². The van der Waals surface area contributed by atoms with E-state index in [2.05, 4.69) is 100 Å². The molecule has 0 fully saturated rings. The Balaban J connectivity index is 0.000000200. The van der Waals surface area contributed by atoms with E-state index in [1.807, 2.05) is 12.1 Å². The fourth-order valence-corrected chi connectivity index (χ4v) is 5.25. The Hall–Kier alpha value is -1.44. The largest absolute Gasteiger partial charge is 1.00 e. The molecule has 0 heterocycles. The number of fused-ring (bicyclic) bond motifs is 6. The number of aryl methyl sites for hydroxylation is 2. The van der Waals surface area contributed by atoms with Gasteiger partial charge in [-0.15, -0.1) is 22.3 Å². The molecule has 4 aromatic rings. The van der Waals surface area contributed by atoms with Crippen molar-refractivity contribution in [3.8, 4) is 22.3 Å². The van der Waals surface area contributed by atoms with Crippen molar-refractivity contribution in [2.45, 2.75) is 52.6 Å². The summed E-state index contributed by atoms with van der Waals surface area (Å²) in [4.78, 5) is 0. The quantitative estimate of drug-likeness (QED) is 0.210. The summed E-state index contributed by atoms with van der Waals surface area (Å²) in [5, 5.41) is 0. The molecule has 0 amide bonds. The third kappa shape index (κ3) is 6.90. The van der Waals surface area contributed by atoms with Crippen LogP contribution in [-0.4, -0.2) is 5.43 Å². The Labute approximate surface area is 245 Å². The molecule has 2 aliphatic carbocycles. The van der Waals surface area contributed by atoms with Gasteiger partial charge in [-0.05, 0) is 35.1 Å². The molecule has 0 bridgehead atoms. The summed E-state index contributed by atoms with van der Waals surface area (Å²) in [6, 6.07) is 35.2. The summed E-state index contributed by atoms with van der Waals surface area (Å²) >= 11 is 1.80. The first-order valence-electron chi connectivity index (χ1n) is 12.3. The van der Waals surface area contributed by atoms with Crippen LogP contribution in [0.2, 0.25) is 12.1 Å². The fraction of sp³-hybridized carbons (Fsp3) is 0.250. The van der Waals surface area contributed by atoms with Gasteiger partial charge in [0.25, 0.3) is 0 Å². The molecule has 184 valence electrons. The third-order valence-electron chi connectivity index (χ3n) is 6.86. The van der Waals surface area contributed by atoms with Gasteiger partial charge >= 0.3 is 54.7 Å². The summed E-state index contributed by atoms with van der Waals surface area (Å²) in [6.07, 6.45) is 2.16. The van der Waals surface area contributed by atoms with Crippen molar-refractivity contribution in [3.05, 3.63) is 118 Å². The van der Waals surface area contributed by atoms with Crippen LogP contribution in [0.15, 0.2) is 72.8 Å². The Morgan fingerprint density at radius 2 is 1.03 bits per heavy atom. The second-order valence-electron chi connectivity index (χ2n) is 8.97. The summed E-state index contributed by atoms with van der Waals surface area (Å²) in [5.41, 5.74) is 14.2. The standard InChI is InChI=1S/2C14H11.C4H10Si.2ClH.Zr/c2*1-10-5-4-8-13-12-7-3-2-6-11(12)9-14(10)13;1-3-5-4-2;;;/h2*2-4,6-8H,9H2,1H3;3-4H2,1-2H3;2*1H;/q2*-1;;;;+2/p-2. The summed E-state index contributed by atoms with van der Waals surface area (Å²) in [7, 11) is 0. The van der Waals surface area contributed by atoms with Gasteiger partial charge in [0.1, 0.15) is 0 Å². The van der Waals surface area contributed by atoms with Gasteiger partial charge in [-0.1, -0.05) is 62.4 Å². The van der Waals surface area contributed by atoms with Gasteiger partial charge in [-0.3, -0.25) is 0 Å². The second-order valence-corrected chi connectivity index (χ2v) is 16.8. The fourth-order valence-electron chi connectivity index (χ4n) is 4.75. The normalized spacial score (nSPS) is 11.1. The van der Waals surface area contributed by atoms with Gasteiger partial charge in [-0.25, -0.2) is 0 Å². The van der Waals surface area contributed by atoms with Gasteiger partial charge in [-0.2, -0.15) is 47.5 Å². The van der Waals surface area contributed by atoms with E-state index in [0.29, 0.717) is 0 Å². The van der Waals surface area contributed by atoms with Crippen molar-refractivity contribution in [3.63, 3.8) is 0 Å². The molecule has 6 rings (SSSR count). The average Bonchev–Trinajstić information content (AvgIpc) is 3.45. The molecular weight excluding hydrogens is 575 g/mol. The first-order valence-corrected chi connectivity index (χ1v) is 17.9. The van der Waals surface area contributed by atoms with Crippen molar-refractivity contribution in [1.29, 1.82) is 0 Å². The molecule has 0 aliphatic heterocycles. The van der Waals surface area contributed by atoms with Crippen LogP contribution >= 0.6 is 0 Å². The third-order valence-corrected chi connectivity index (χ3v) is 13.8. The van der Waals surface area contributed by atoms with Gasteiger partial charge in [0.2, 0.25) is 0 Å². The van der Waals surface area contributed by atoms with E-state index in [1.165, 1.54) is 67.7 Å². The number of hydrogen-bond acceptors (Lipinski definition) is 0. The SMILES string of the molecule is CC[Si](=[Zr+2])CC.Cc1[c-]ccc2c1Cc1ccccc1-2.Cc1[c-]ccc2c1Cc1ccccc1-2.[Cl-].[Cl-]. The van der Waals surface area contributed by atoms with Gasteiger partial charge < -0.3 is 24.8 Å². The minimum atomic E-state index is 0. The number of rotatable bonds is 2. The van der Waals surface area contributed by atoms with Crippen LogP contribution in [0, 0.1) is 26.0 Å². The second kappa shape index (κ2) is 14.5. The average molecular weight is 607 g/mol. The molecule has 36 heavy (non-hydrogen) atoms. The van der Waals surface area contributed by atoms with Crippen LogP contribution in [0.25, 0.3) is 22.3 Å². The smallest absolute Gasteiger partial charge is 0.0398 e. The maximum Gasteiger partial charge on any atom is -0.0398 e. The number of hydrogen-bond donors (Lipinski definition) is 0. The van der Waals surface area contributed by atoms with Gasteiger partial charge in [0.05, 0.1) is 0 Å². The zero-order chi connectivity index (χ0) is 24.1. The minimum Gasteiger partial charge on any atom is -1.00 e. The Morgan fingerprint density at radius 1 is 0.639 bits per heavy atom. The molecule has 0 radical (unpaired) electrons. The first kappa shape index (κ1) is 30.8. The molecule has 2 aliphatic rings. The maximum absolute atomic E-state index is 3.27. The van der Waals surface area contributed by atoms with Crippen LogP contribution in [0.1, 0.15) is 47.2 Å². The van der Waals surface area contributed by atoms with E-state index in [1.54, 1.807) is 23.3 Å². The summed E-state index contributed by atoms with van der Waals surface area (Å²) in [6.45, 7) is 8.88. The molecule has 0 saturated heterocycles. The predicted molar refractivity (Wildman–Crippen MR) is 143 cm³/mol. The van der Waals surface area contributed by atoms with Gasteiger partial charge in [0.15, 0.2) is 0 Å². The van der Waals surface area contributed by atoms with E-state index in [4.69, 9.17) is 0 Å². The molecule has 0 nitrogen and oxygen atoms in total. The molecule has 4 aromatic carbocycles. The molecule has 0 saturated carbocycles. The van der Waals surface area contributed by atoms with Crippen molar-refractivity contribution in [2.24, 2.45) is 0 Å². The van der Waals surface area contributed by atoms with E-state index < -0.39 is 0 Å². The minimum absolute atomic E-state index is 0. The maximum atomic E-state index is 3.27. The van der Waals surface area contributed by atoms with E-state index in [0.717, 1.165) is 12.8 Å². The van der Waals surface area contributed by atoms with Crippen LogP contribution in [0.5, 0.6) is 0 Å². The molecule has 0 spiro atoms. The Morgan fingerprint density at radius 3 is 1.39 bits per heavy atom. The molecular formula is C32H32Cl2SiZr-2. The number of halogens is 2. The van der Waals surface area contributed by atoms with E-state index >= 15 is 0 Å². The molecule has 0 unspecified atom stereocenters. The van der Waals surface area contributed by atoms with Crippen molar-refractivity contribution >= 4 is 5.43 Å². The van der Waals surface area contributed by atoms with Crippen LogP contribution < -0.4 is 24.8 Å².